The number of carbonyl (C=O) groups excluding carboxylic acids is 1. The van der Waals surface area contributed by atoms with Crippen LogP contribution in [0.3, 0.4) is 0 Å². The zero-order valence-electron chi connectivity index (χ0n) is 12.7. The first-order chi connectivity index (χ1) is 10.8. The molecule has 0 aromatic heterocycles. The van der Waals surface area contributed by atoms with Crippen molar-refractivity contribution in [3.05, 3.63) is 77.4 Å². The van der Waals surface area contributed by atoms with Crippen LogP contribution in [0, 0.1) is 0 Å². The monoisotopic (exact) mass is 293 g/mol. The summed E-state index contributed by atoms with van der Waals surface area (Å²) in [5, 5.41) is 0. The average Bonchev–Trinajstić information content (AvgIpc) is 3.07. The fourth-order valence-electron chi connectivity index (χ4n) is 2.63. The highest BCUT2D eigenvalue weighted by molar-refractivity contribution is 6.09. The van der Waals surface area contributed by atoms with Crippen LogP contribution in [0.15, 0.2) is 60.7 Å². The van der Waals surface area contributed by atoms with E-state index in [9.17, 15) is 4.79 Å². The minimum atomic E-state index is 0.0454. The number of ether oxygens (including phenoxy) is 1. The molecule has 0 saturated carbocycles. The van der Waals surface area contributed by atoms with Crippen LogP contribution in [-0.4, -0.2) is 30.9 Å². The van der Waals surface area contributed by atoms with Gasteiger partial charge in [0.2, 0.25) is 0 Å². The van der Waals surface area contributed by atoms with E-state index in [1.807, 2.05) is 30.3 Å². The van der Waals surface area contributed by atoms with Crippen molar-refractivity contribution in [1.29, 1.82) is 0 Å². The number of carbonyl (C=O) groups is 1. The lowest BCUT2D eigenvalue weighted by Gasteiger charge is -2.15. The minimum Gasteiger partial charge on any atom is -0.497 e. The van der Waals surface area contributed by atoms with Crippen molar-refractivity contribution in [3.8, 4) is 5.75 Å². The number of hydrogen-bond donors (Lipinski definition) is 0. The summed E-state index contributed by atoms with van der Waals surface area (Å²) in [6, 6.07) is 15.1. The van der Waals surface area contributed by atoms with Gasteiger partial charge in [-0.05, 0) is 35.9 Å². The zero-order valence-corrected chi connectivity index (χ0v) is 12.7. The van der Waals surface area contributed by atoms with E-state index in [-0.39, 0.29) is 5.78 Å². The summed E-state index contributed by atoms with van der Waals surface area (Å²) in [7, 11) is 1.62. The third-order valence-electron chi connectivity index (χ3n) is 3.84. The topological polar surface area (TPSA) is 29.5 Å². The van der Waals surface area contributed by atoms with E-state index in [2.05, 4.69) is 23.1 Å². The van der Waals surface area contributed by atoms with Gasteiger partial charge in [0.25, 0.3) is 0 Å². The number of hydrogen-bond acceptors (Lipinski definition) is 3. The molecule has 1 aliphatic rings. The summed E-state index contributed by atoms with van der Waals surface area (Å²) in [5.41, 5.74) is 2.58. The van der Waals surface area contributed by atoms with Crippen molar-refractivity contribution >= 4 is 5.78 Å². The van der Waals surface area contributed by atoms with Gasteiger partial charge in [-0.2, -0.15) is 0 Å². The molecule has 0 saturated heterocycles. The quantitative estimate of drug-likeness (QED) is 0.626. The van der Waals surface area contributed by atoms with Gasteiger partial charge >= 0.3 is 0 Å². The highest BCUT2D eigenvalue weighted by Gasteiger charge is 2.12. The van der Waals surface area contributed by atoms with Gasteiger partial charge in [-0.3, -0.25) is 9.69 Å². The zero-order chi connectivity index (χ0) is 15.4. The fraction of sp³-hybridized carbons (Fsp3) is 0.211. The van der Waals surface area contributed by atoms with E-state index in [1.165, 1.54) is 5.56 Å². The Balaban J connectivity index is 1.76. The Labute approximate surface area is 130 Å². The van der Waals surface area contributed by atoms with E-state index < -0.39 is 0 Å². The second-order valence-corrected chi connectivity index (χ2v) is 5.42. The smallest absolute Gasteiger partial charge is 0.193 e. The molecule has 0 radical (unpaired) electrons. The minimum absolute atomic E-state index is 0.0454. The number of nitrogens with zero attached hydrogens (tertiary/aromatic N) is 1. The van der Waals surface area contributed by atoms with Gasteiger partial charge in [-0.1, -0.05) is 30.4 Å². The Kier molecular flexibility index (Phi) is 4.35. The lowest BCUT2D eigenvalue weighted by atomic mass is 10.0. The molecule has 0 aliphatic carbocycles. The molecule has 0 amide bonds. The summed E-state index contributed by atoms with van der Waals surface area (Å²) < 4.78 is 5.13. The highest BCUT2D eigenvalue weighted by Crippen LogP contribution is 2.17. The molecule has 0 unspecified atom stereocenters. The lowest BCUT2D eigenvalue weighted by Crippen LogP contribution is -2.19. The van der Waals surface area contributed by atoms with Crippen LogP contribution >= 0.6 is 0 Å². The number of methoxy groups -OCH3 is 1. The Morgan fingerprint density at radius 1 is 1.05 bits per heavy atom. The Morgan fingerprint density at radius 2 is 1.77 bits per heavy atom. The van der Waals surface area contributed by atoms with Crippen molar-refractivity contribution in [2.75, 3.05) is 20.2 Å². The maximum absolute atomic E-state index is 12.6. The van der Waals surface area contributed by atoms with E-state index in [1.54, 1.807) is 19.2 Å². The van der Waals surface area contributed by atoms with Gasteiger partial charge in [0.15, 0.2) is 5.78 Å². The summed E-state index contributed by atoms with van der Waals surface area (Å²) in [6.07, 6.45) is 4.35. The SMILES string of the molecule is COc1ccc(C(=O)c2cccc(CN3CC=CC3)c2)cc1. The van der Waals surface area contributed by atoms with Gasteiger partial charge in [0.05, 0.1) is 7.11 Å². The predicted molar refractivity (Wildman–Crippen MR) is 87.3 cm³/mol. The fourth-order valence-corrected chi connectivity index (χ4v) is 2.63. The third-order valence-corrected chi connectivity index (χ3v) is 3.84. The molecule has 3 nitrogen and oxygen atoms in total. The number of ketones is 1. The van der Waals surface area contributed by atoms with E-state index in [4.69, 9.17) is 4.74 Å². The van der Waals surface area contributed by atoms with Crippen LogP contribution in [0.1, 0.15) is 21.5 Å². The van der Waals surface area contributed by atoms with Gasteiger partial charge < -0.3 is 4.74 Å². The third kappa shape index (κ3) is 3.26. The Bertz CT molecular complexity index is 681. The van der Waals surface area contributed by atoms with Crippen LogP contribution in [0.2, 0.25) is 0 Å². The molecule has 3 rings (SSSR count). The standard InChI is InChI=1S/C19H19NO2/c1-22-18-9-7-16(8-10-18)19(21)17-6-4-5-15(13-17)14-20-11-2-3-12-20/h2-10,13H,11-12,14H2,1H3. The molecule has 0 atom stereocenters. The Hall–Kier alpha value is -2.39. The molecule has 0 fully saturated rings. The summed E-state index contributed by atoms with van der Waals surface area (Å²) >= 11 is 0. The first-order valence-electron chi connectivity index (χ1n) is 7.41. The molecular formula is C19H19NO2. The molecule has 0 bridgehead atoms. The van der Waals surface area contributed by atoms with Crippen LogP contribution in [0.5, 0.6) is 5.75 Å². The molecule has 1 heterocycles. The van der Waals surface area contributed by atoms with Gasteiger partial charge in [0, 0.05) is 30.8 Å². The van der Waals surface area contributed by atoms with Crippen LogP contribution < -0.4 is 4.74 Å². The lowest BCUT2D eigenvalue weighted by molar-refractivity contribution is 0.103. The average molecular weight is 293 g/mol. The van der Waals surface area contributed by atoms with Crippen molar-refractivity contribution < 1.29 is 9.53 Å². The maximum Gasteiger partial charge on any atom is 0.193 e. The van der Waals surface area contributed by atoms with Gasteiger partial charge in [-0.25, -0.2) is 0 Å². The molecule has 2 aromatic carbocycles. The highest BCUT2D eigenvalue weighted by atomic mass is 16.5. The van der Waals surface area contributed by atoms with E-state index in [0.29, 0.717) is 5.56 Å². The van der Waals surface area contributed by atoms with E-state index >= 15 is 0 Å². The number of rotatable bonds is 5. The largest absolute Gasteiger partial charge is 0.497 e. The van der Waals surface area contributed by atoms with Crippen LogP contribution in [0.25, 0.3) is 0 Å². The second kappa shape index (κ2) is 6.58. The molecule has 0 N–H and O–H groups in total. The van der Waals surface area contributed by atoms with Crippen LogP contribution in [-0.2, 0) is 6.54 Å². The summed E-state index contributed by atoms with van der Waals surface area (Å²) in [6.45, 7) is 2.84. The second-order valence-electron chi connectivity index (χ2n) is 5.42. The summed E-state index contributed by atoms with van der Waals surface area (Å²) in [5.74, 6) is 0.802. The molecular weight excluding hydrogens is 274 g/mol. The van der Waals surface area contributed by atoms with Gasteiger partial charge in [0.1, 0.15) is 5.75 Å². The molecule has 22 heavy (non-hydrogen) atoms. The van der Waals surface area contributed by atoms with Crippen LogP contribution in [0.4, 0.5) is 0 Å². The van der Waals surface area contributed by atoms with E-state index in [0.717, 1.165) is 30.9 Å². The van der Waals surface area contributed by atoms with Crippen molar-refractivity contribution in [3.63, 3.8) is 0 Å². The molecule has 1 aliphatic heterocycles. The molecule has 3 heteroatoms. The first-order valence-corrected chi connectivity index (χ1v) is 7.41. The molecule has 0 spiro atoms. The molecule has 2 aromatic rings. The summed E-state index contributed by atoms with van der Waals surface area (Å²) in [4.78, 5) is 14.9. The molecule has 112 valence electrons. The van der Waals surface area contributed by atoms with Crippen molar-refractivity contribution in [1.82, 2.24) is 4.90 Å². The normalized spacial score (nSPS) is 14.2. The Morgan fingerprint density at radius 3 is 2.45 bits per heavy atom. The number of benzene rings is 2. The van der Waals surface area contributed by atoms with Crippen molar-refractivity contribution in [2.24, 2.45) is 0 Å². The van der Waals surface area contributed by atoms with Gasteiger partial charge in [-0.15, -0.1) is 0 Å². The first kappa shape index (κ1) is 14.5. The van der Waals surface area contributed by atoms with Crippen molar-refractivity contribution in [2.45, 2.75) is 6.54 Å². The predicted octanol–water partition coefficient (Wildman–Crippen LogP) is 3.30. The maximum atomic E-state index is 12.6.